The van der Waals surface area contributed by atoms with Crippen LogP contribution in [0.4, 0.5) is 5.82 Å². The second-order valence-electron chi connectivity index (χ2n) is 3.35. The van der Waals surface area contributed by atoms with Crippen LogP contribution in [-0.2, 0) is 16.0 Å². The van der Waals surface area contributed by atoms with Crippen molar-refractivity contribution in [2.24, 2.45) is 0 Å². The van der Waals surface area contributed by atoms with Crippen LogP contribution in [0.3, 0.4) is 0 Å². The van der Waals surface area contributed by atoms with E-state index >= 15 is 0 Å². The highest BCUT2D eigenvalue weighted by Gasteiger charge is 2.20. The van der Waals surface area contributed by atoms with Crippen LogP contribution in [0.2, 0.25) is 0 Å². The number of nitriles is 1. The zero-order chi connectivity index (χ0) is 12.8. The molecule has 1 atom stereocenters. The zero-order valence-corrected chi connectivity index (χ0v) is 11.3. The van der Waals surface area contributed by atoms with E-state index < -0.39 is 11.2 Å². The molecule has 1 aromatic rings. The number of rotatable bonds is 5. The minimum absolute atomic E-state index is 0.213. The Labute approximate surface area is 107 Å². The molecule has 1 rings (SSSR count). The van der Waals surface area contributed by atoms with Gasteiger partial charge in [0.05, 0.1) is 0 Å². The fourth-order valence-electron chi connectivity index (χ4n) is 1.09. The van der Waals surface area contributed by atoms with Crippen molar-refractivity contribution in [3.05, 3.63) is 4.88 Å². The Balaban J connectivity index is 2.85. The Kier molecular flexibility index (Phi) is 5.41. The molecule has 0 aromatic carbocycles. The number of amides is 1. The van der Waals surface area contributed by atoms with Crippen LogP contribution in [0.15, 0.2) is 4.34 Å². The van der Waals surface area contributed by atoms with Gasteiger partial charge in [-0.3, -0.25) is 4.79 Å². The SMILES string of the molecule is CCCC[S+]([O-])c1nc(NC(C)=O)c(C#N)s1. The molecule has 0 aliphatic heterocycles. The highest BCUT2D eigenvalue weighted by atomic mass is 32.2. The summed E-state index contributed by atoms with van der Waals surface area (Å²) in [4.78, 5) is 15.2. The third-order valence-corrected chi connectivity index (χ3v) is 4.58. The van der Waals surface area contributed by atoms with Crippen molar-refractivity contribution < 1.29 is 9.35 Å². The average molecular weight is 271 g/mol. The summed E-state index contributed by atoms with van der Waals surface area (Å²) in [5.74, 6) is 0.455. The van der Waals surface area contributed by atoms with Gasteiger partial charge in [-0.1, -0.05) is 24.7 Å². The monoisotopic (exact) mass is 271 g/mol. The molecule has 0 radical (unpaired) electrons. The minimum Gasteiger partial charge on any atom is -0.610 e. The van der Waals surface area contributed by atoms with E-state index in [9.17, 15) is 9.35 Å². The zero-order valence-electron chi connectivity index (χ0n) is 9.65. The van der Waals surface area contributed by atoms with Gasteiger partial charge in [-0.15, -0.1) is 0 Å². The Hall–Kier alpha value is -1.10. The minimum atomic E-state index is -1.18. The predicted octanol–water partition coefficient (Wildman–Crippen LogP) is 1.88. The lowest BCUT2D eigenvalue weighted by atomic mass is 10.4. The lowest BCUT2D eigenvalue weighted by Crippen LogP contribution is -2.09. The number of thiazole rings is 1. The largest absolute Gasteiger partial charge is 0.610 e. The van der Waals surface area contributed by atoms with Gasteiger partial charge >= 0.3 is 4.34 Å². The molecule has 1 N–H and O–H groups in total. The first-order valence-electron chi connectivity index (χ1n) is 5.15. The highest BCUT2D eigenvalue weighted by molar-refractivity contribution is 7.93. The third-order valence-electron chi connectivity index (χ3n) is 1.88. The Morgan fingerprint density at radius 1 is 1.71 bits per heavy atom. The third kappa shape index (κ3) is 4.00. The van der Waals surface area contributed by atoms with Crippen molar-refractivity contribution in [1.29, 1.82) is 5.26 Å². The number of nitrogens with zero attached hydrogens (tertiary/aromatic N) is 2. The summed E-state index contributed by atoms with van der Waals surface area (Å²) in [6.45, 7) is 3.36. The molecule has 1 aromatic heterocycles. The molecular weight excluding hydrogens is 258 g/mol. The number of hydrogen-bond donors (Lipinski definition) is 1. The van der Waals surface area contributed by atoms with Crippen molar-refractivity contribution in [2.75, 3.05) is 11.1 Å². The summed E-state index contributed by atoms with van der Waals surface area (Å²) in [7, 11) is 0. The van der Waals surface area contributed by atoms with Crippen LogP contribution in [0.5, 0.6) is 0 Å². The van der Waals surface area contributed by atoms with Crippen molar-refractivity contribution in [1.82, 2.24) is 4.98 Å². The summed E-state index contributed by atoms with van der Waals surface area (Å²) >= 11 is -0.111. The maximum Gasteiger partial charge on any atom is 0.304 e. The molecule has 0 aliphatic carbocycles. The maximum atomic E-state index is 11.8. The second kappa shape index (κ2) is 6.59. The summed E-state index contributed by atoms with van der Waals surface area (Å²) in [5.41, 5.74) is 0. The van der Waals surface area contributed by atoms with E-state index in [1.54, 1.807) is 0 Å². The smallest absolute Gasteiger partial charge is 0.304 e. The average Bonchev–Trinajstić information content (AvgIpc) is 2.68. The maximum absolute atomic E-state index is 11.8. The predicted molar refractivity (Wildman–Crippen MR) is 67.3 cm³/mol. The van der Waals surface area contributed by atoms with Crippen molar-refractivity contribution in [3.8, 4) is 6.07 Å². The molecule has 7 heteroatoms. The van der Waals surface area contributed by atoms with Crippen LogP contribution in [0.1, 0.15) is 31.6 Å². The Morgan fingerprint density at radius 3 is 2.94 bits per heavy atom. The number of nitrogens with one attached hydrogen (secondary N) is 1. The van der Waals surface area contributed by atoms with E-state index in [1.807, 2.05) is 13.0 Å². The van der Waals surface area contributed by atoms with Crippen LogP contribution in [0.25, 0.3) is 0 Å². The molecule has 0 spiro atoms. The highest BCUT2D eigenvalue weighted by Crippen LogP contribution is 2.26. The fourth-order valence-corrected chi connectivity index (χ4v) is 3.43. The van der Waals surface area contributed by atoms with Crippen molar-refractivity contribution in [2.45, 2.75) is 31.0 Å². The van der Waals surface area contributed by atoms with Gasteiger partial charge in [0.2, 0.25) is 5.91 Å². The first-order valence-corrected chi connectivity index (χ1v) is 7.29. The summed E-state index contributed by atoms with van der Waals surface area (Å²) < 4.78 is 12.2. The van der Waals surface area contributed by atoms with E-state index in [0.717, 1.165) is 24.2 Å². The summed E-state index contributed by atoms with van der Waals surface area (Å²) in [6.07, 6.45) is 1.81. The van der Waals surface area contributed by atoms with Gasteiger partial charge in [-0.05, 0) is 6.42 Å². The Morgan fingerprint density at radius 2 is 2.41 bits per heavy atom. The van der Waals surface area contributed by atoms with Gasteiger partial charge in [0, 0.05) is 18.1 Å². The molecule has 0 saturated heterocycles. The summed E-state index contributed by atoms with van der Waals surface area (Å²) in [5, 5.41) is 11.3. The van der Waals surface area contributed by atoms with E-state index in [4.69, 9.17) is 5.26 Å². The van der Waals surface area contributed by atoms with Gasteiger partial charge in [-0.25, -0.2) is 0 Å². The summed E-state index contributed by atoms with van der Waals surface area (Å²) in [6, 6.07) is 1.94. The molecular formula is C10H13N3O2S2. The fraction of sp³-hybridized carbons (Fsp3) is 0.500. The number of anilines is 1. The standard InChI is InChI=1S/C10H13N3O2S2/c1-3-4-5-17(15)10-13-9(12-7(2)14)8(6-11)16-10/h3-5H2,1-2H3,(H,12,14). The number of hydrogen-bond acceptors (Lipinski definition) is 5. The molecule has 0 aliphatic rings. The van der Waals surface area contributed by atoms with Gasteiger partial charge < -0.3 is 9.87 Å². The van der Waals surface area contributed by atoms with Gasteiger partial charge in [0.15, 0.2) is 10.7 Å². The number of carbonyl (C=O) groups excluding carboxylic acids is 1. The van der Waals surface area contributed by atoms with E-state index in [-0.39, 0.29) is 11.7 Å². The molecule has 0 saturated carbocycles. The number of unbranched alkanes of at least 4 members (excludes halogenated alkanes) is 1. The molecule has 5 nitrogen and oxygen atoms in total. The van der Waals surface area contributed by atoms with Gasteiger partial charge in [-0.2, -0.15) is 10.2 Å². The molecule has 1 amide bonds. The van der Waals surface area contributed by atoms with Gasteiger partial charge in [0.1, 0.15) is 11.8 Å². The number of carbonyl (C=O) groups is 1. The molecule has 1 heterocycles. The molecule has 92 valence electrons. The first-order chi connectivity index (χ1) is 8.08. The Bertz CT molecular complexity index is 439. The molecule has 0 fully saturated rings. The van der Waals surface area contributed by atoms with Crippen LogP contribution in [0, 0.1) is 11.3 Å². The molecule has 1 unspecified atom stereocenters. The normalized spacial score (nSPS) is 11.9. The van der Waals surface area contributed by atoms with Crippen LogP contribution >= 0.6 is 11.3 Å². The lowest BCUT2D eigenvalue weighted by molar-refractivity contribution is -0.114. The molecule has 17 heavy (non-hydrogen) atoms. The lowest BCUT2D eigenvalue weighted by Gasteiger charge is -2.04. The van der Waals surface area contributed by atoms with Crippen molar-refractivity contribution >= 4 is 34.2 Å². The van der Waals surface area contributed by atoms with E-state index in [1.165, 1.54) is 6.92 Å². The van der Waals surface area contributed by atoms with E-state index in [2.05, 4.69) is 10.3 Å². The first kappa shape index (κ1) is 14.0. The topological polar surface area (TPSA) is 88.8 Å². The molecule has 0 bridgehead atoms. The number of aromatic nitrogens is 1. The van der Waals surface area contributed by atoms with Gasteiger partial charge in [0.25, 0.3) is 0 Å². The van der Waals surface area contributed by atoms with Crippen molar-refractivity contribution in [3.63, 3.8) is 0 Å². The quantitative estimate of drug-likeness (QED) is 0.828. The van der Waals surface area contributed by atoms with E-state index in [0.29, 0.717) is 15.0 Å². The van der Waals surface area contributed by atoms with Crippen LogP contribution < -0.4 is 5.32 Å². The second-order valence-corrected chi connectivity index (χ2v) is 6.10. The van der Waals surface area contributed by atoms with Crippen LogP contribution in [-0.4, -0.2) is 21.2 Å².